The van der Waals surface area contributed by atoms with Crippen LogP contribution in [-0.4, -0.2) is 59.7 Å². The van der Waals surface area contributed by atoms with Gasteiger partial charge in [0.25, 0.3) is 0 Å². The van der Waals surface area contributed by atoms with E-state index in [9.17, 15) is 9.59 Å². The van der Waals surface area contributed by atoms with E-state index in [0.717, 1.165) is 12.8 Å². The van der Waals surface area contributed by atoms with Gasteiger partial charge in [-0.1, -0.05) is 0 Å². The van der Waals surface area contributed by atoms with Crippen molar-refractivity contribution in [1.29, 1.82) is 0 Å². The van der Waals surface area contributed by atoms with Crippen LogP contribution in [0.15, 0.2) is 12.3 Å². The molecule has 24 heavy (non-hydrogen) atoms. The van der Waals surface area contributed by atoms with Gasteiger partial charge in [0.15, 0.2) is 0 Å². The lowest BCUT2D eigenvalue weighted by Gasteiger charge is -2.32. The SMILES string of the molecule is CCOC(=O)CCC(=O)N1CCCC(Oc2ccnc(OC)n2)C1. The number of piperidine rings is 1. The summed E-state index contributed by atoms with van der Waals surface area (Å²) in [7, 11) is 1.49. The molecule has 1 aliphatic heterocycles. The highest BCUT2D eigenvalue weighted by atomic mass is 16.5. The number of carbonyl (C=O) groups excluding carboxylic acids is 2. The number of carbonyl (C=O) groups is 2. The van der Waals surface area contributed by atoms with E-state index in [2.05, 4.69) is 9.97 Å². The molecule has 0 N–H and O–H groups in total. The minimum Gasteiger partial charge on any atom is -0.472 e. The number of methoxy groups -OCH3 is 1. The fraction of sp³-hybridized carbons (Fsp3) is 0.625. The molecule has 132 valence electrons. The fourth-order valence-electron chi connectivity index (χ4n) is 2.52. The van der Waals surface area contributed by atoms with Gasteiger partial charge in [0.05, 0.1) is 26.7 Å². The summed E-state index contributed by atoms with van der Waals surface area (Å²) in [6.07, 6.45) is 3.38. The molecule has 2 rings (SSSR count). The maximum absolute atomic E-state index is 12.2. The van der Waals surface area contributed by atoms with Crippen molar-refractivity contribution in [2.75, 3.05) is 26.8 Å². The molecular formula is C16H23N3O5. The summed E-state index contributed by atoms with van der Waals surface area (Å²) in [5.74, 6) is 0.0213. The third-order valence-electron chi connectivity index (χ3n) is 3.66. The summed E-state index contributed by atoms with van der Waals surface area (Å²) in [6.45, 7) is 3.23. The number of amides is 1. The lowest BCUT2D eigenvalue weighted by Crippen LogP contribution is -2.44. The van der Waals surface area contributed by atoms with E-state index < -0.39 is 0 Å². The fourth-order valence-corrected chi connectivity index (χ4v) is 2.52. The molecule has 1 aromatic rings. The lowest BCUT2D eigenvalue weighted by atomic mass is 10.1. The molecular weight excluding hydrogens is 314 g/mol. The van der Waals surface area contributed by atoms with Crippen LogP contribution in [0.1, 0.15) is 32.6 Å². The minimum absolute atomic E-state index is 0.0587. The number of likely N-dealkylation sites (tertiary alicyclic amines) is 1. The van der Waals surface area contributed by atoms with Crippen LogP contribution in [0.25, 0.3) is 0 Å². The highest BCUT2D eigenvalue weighted by Crippen LogP contribution is 2.18. The number of esters is 1. The third kappa shape index (κ3) is 5.36. The lowest BCUT2D eigenvalue weighted by molar-refractivity contribution is -0.146. The summed E-state index contributed by atoms with van der Waals surface area (Å²) < 4.78 is 15.6. The molecule has 8 nitrogen and oxygen atoms in total. The van der Waals surface area contributed by atoms with Gasteiger partial charge in [-0.15, -0.1) is 0 Å². The zero-order valence-electron chi connectivity index (χ0n) is 14.1. The Hall–Kier alpha value is -2.38. The molecule has 2 heterocycles. The second kappa shape index (κ2) is 9.05. The molecule has 1 aromatic heterocycles. The molecule has 1 fully saturated rings. The number of hydrogen-bond donors (Lipinski definition) is 0. The number of nitrogens with zero attached hydrogens (tertiary/aromatic N) is 3. The van der Waals surface area contributed by atoms with Crippen molar-refractivity contribution < 1.29 is 23.8 Å². The smallest absolute Gasteiger partial charge is 0.319 e. The quantitative estimate of drug-likeness (QED) is 0.690. The first-order valence-corrected chi connectivity index (χ1v) is 8.09. The standard InChI is InChI=1S/C16H23N3O5/c1-3-23-15(21)7-6-14(20)19-10-4-5-12(11-19)24-13-8-9-17-16(18-13)22-2/h8-9,12H,3-7,10-11H2,1-2H3. The molecule has 0 aromatic carbocycles. The summed E-state index contributed by atoms with van der Waals surface area (Å²) in [6, 6.07) is 1.90. The predicted octanol–water partition coefficient (Wildman–Crippen LogP) is 1.20. The Bertz CT molecular complexity index is 566. The molecule has 1 aliphatic rings. The first-order valence-electron chi connectivity index (χ1n) is 8.09. The van der Waals surface area contributed by atoms with Crippen LogP contribution in [0.5, 0.6) is 11.9 Å². The van der Waals surface area contributed by atoms with E-state index in [-0.39, 0.29) is 36.8 Å². The Morgan fingerprint density at radius 3 is 2.96 bits per heavy atom. The zero-order valence-corrected chi connectivity index (χ0v) is 14.1. The highest BCUT2D eigenvalue weighted by Gasteiger charge is 2.25. The molecule has 0 spiro atoms. The molecule has 1 saturated heterocycles. The number of aromatic nitrogens is 2. The van der Waals surface area contributed by atoms with Crippen molar-refractivity contribution in [3.05, 3.63) is 12.3 Å². The van der Waals surface area contributed by atoms with Gasteiger partial charge in [0, 0.05) is 25.2 Å². The number of ether oxygens (including phenoxy) is 3. The summed E-state index contributed by atoms with van der Waals surface area (Å²) >= 11 is 0. The highest BCUT2D eigenvalue weighted by molar-refractivity contribution is 5.81. The van der Waals surface area contributed by atoms with Gasteiger partial charge in [-0.2, -0.15) is 4.98 Å². The van der Waals surface area contributed by atoms with Gasteiger partial charge < -0.3 is 19.1 Å². The Balaban J connectivity index is 1.84. The van der Waals surface area contributed by atoms with E-state index in [1.54, 1.807) is 24.1 Å². The van der Waals surface area contributed by atoms with Crippen molar-refractivity contribution in [3.8, 4) is 11.9 Å². The normalized spacial score (nSPS) is 17.2. The van der Waals surface area contributed by atoms with Crippen molar-refractivity contribution in [3.63, 3.8) is 0 Å². The molecule has 0 saturated carbocycles. The average Bonchev–Trinajstić information content (AvgIpc) is 2.60. The Morgan fingerprint density at radius 1 is 1.38 bits per heavy atom. The van der Waals surface area contributed by atoms with Gasteiger partial charge in [-0.3, -0.25) is 9.59 Å². The topological polar surface area (TPSA) is 90.9 Å². The Kier molecular flexibility index (Phi) is 6.77. The van der Waals surface area contributed by atoms with E-state index in [0.29, 0.717) is 25.6 Å². The van der Waals surface area contributed by atoms with E-state index in [4.69, 9.17) is 14.2 Å². The molecule has 1 unspecified atom stereocenters. The van der Waals surface area contributed by atoms with Gasteiger partial charge in [-0.25, -0.2) is 4.98 Å². The maximum Gasteiger partial charge on any atom is 0.319 e. The van der Waals surface area contributed by atoms with Gasteiger partial charge in [-0.05, 0) is 19.8 Å². The second-order valence-electron chi connectivity index (χ2n) is 5.41. The predicted molar refractivity (Wildman–Crippen MR) is 84.7 cm³/mol. The molecule has 8 heteroatoms. The molecule has 0 aliphatic carbocycles. The summed E-state index contributed by atoms with van der Waals surface area (Å²) in [5, 5.41) is 0. The van der Waals surface area contributed by atoms with Crippen molar-refractivity contribution in [2.24, 2.45) is 0 Å². The second-order valence-corrected chi connectivity index (χ2v) is 5.41. The minimum atomic E-state index is -0.344. The van der Waals surface area contributed by atoms with Crippen molar-refractivity contribution in [2.45, 2.75) is 38.7 Å². The zero-order chi connectivity index (χ0) is 17.4. The summed E-state index contributed by atoms with van der Waals surface area (Å²) in [4.78, 5) is 33.3. The first-order chi connectivity index (χ1) is 11.6. The van der Waals surface area contributed by atoms with Gasteiger partial charge in [0.1, 0.15) is 6.10 Å². The number of rotatable bonds is 7. The van der Waals surface area contributed by atoms with Crippen LogP contribution in [-0.2, 0) is 14.3 Å². The van der Waals surface area contributed by atoms with E-state index in [1.165, 1.54) is 7.11 Å². The molecule has 0 bridgehead atoms. The monoisotopic (exact) mass is 337 g/mol. The summed E-state index contributed by atoms with van der Waals surface area (Å²) in [5.41, 5.74) is 0. The van der Waals surface area contributed by atoms with Crippen LogP contribution in [0.3, 0.4) is 0 Å². The van der Waals surface area contributed by atoms with Crippen molar-refractivity contribution >= 4 is 11.9 Å². The van der Waals surface area contributed by atoms with Gasteiger partial charge >= 0.3 is 12.0 Å². The van der Waals surface area contributed by atoms with E-state index in [1.807, 2.05) is 0 Å². The number of hydrogen-bond acceptors (Lipinski definition) is 7. The van der Waals surface area contributed by atoms with Gasteiger partial charge in [0.2, 0.25) is 11.8 Å². The molecule has 0 radical (unpaired) electrons. The van der Waals surface area contributed by atoms with Crippen LogP contribution < -0.4 is 9.47 Å². The molecule has 1 atom stereocenters. The Labute approximate surface area is 141 Å². The van der Waals surface area contributed by atoms with E-state index >= 15 is 0 Å². The van der Waals surface area contributed by atoms with Crippen LogP contribution in [0.4, 0.5) is 0 Å². The van der Waals surface area contributed by atoms with Crippen molar-refractivity contribution in [1.82, 2.24) is 14.9 Å². The maximum atomic E-state index is 12.2. The largest absolute Gasteiger partial charge is 0.472 e. The van der Waals surface area contributed by atoms with Crippen LogP contribution in [0, 0.1) is 0 Å². The first kappa shape index (κ1) is 18.0. The van der Waals surface area contributed by atoms with Crippen LogP contribution in [0.2, 0.25) is 0 Å². The third-order valence-corrected chi connectivity index (χ3v) is 3.66. The Morgan fingerprint density at radius 2 is 2.21 bits per heavy atom. The van der Waals surface area contributed by atoms with Crippen LogP contribution >= 0.6 is 0 Å². The average molecular weight is 337 g/mol. The molecule has 1 amide bonds.